The van der Waals surface area contributed by atoms with E-state index < -0.39 is 5.97 Å². The third-order valence-corrected chi connectivity index (χ3v) is 1.75. The number of anilines is 1. The molecule has 1 aromatic rings. The molecule has 0 saturated carbocycles. The molecule has 0 aromatic carbocycles. The number of esters is 1. The first-order valence-electron chi connectivity index (χ1n) is 4.09. The highest BCUT2D eigenvalue weighted by Crippen LogP contribution is 2.11. The Kier molecular flexibility index (Phi) is 3.47. The summed E-state index contributed by atoms with van der Waals surface area (Å²) in [6, 6.07) is 0. The topological polar surface area (TPSA) is 79.4 Å². The summed E-state index contributed by atoms with van der Waals surface area (Å²) in [7, 11) is 2.88. The molecule has 0 bridgehead atoms. The van der Waals surface area contributed by atoms with Crippen LogP contribution < -0.4 is 5.73 Å². The quantitative estimate of drug-likeness (QED) is 0.685. The second kappa shape index (κ2) is 4.61. The number of nitrogens with two attached hydrogens (primary N) is 1. The van der Waals surface area contributed by atoms with E-state index in [1.54, 1.807) is 7.11 Å². The molecule has 0 saturated heterocycles. The average Bonchev–Trinajstić information content (AvgIpc) is 2.55. The number of hydrogen-bond donors (Lipinski definition) is 1. The van der Waals surface area contributed by atoms with Crippen LogP contribution in [0.15, 0.2) is 6.20 Å². The number of ether oxygens (including phenoxy) is 2. The Morgan fingerprint density at radius 3 is 2.93 bits per heavy atom. The van der Waals surface area contributed by atoms with Crippen molar-refractivity contribution in [2.24, 2.45) is 0 Å². The summed E-state index contributed by atoms with van der Waals surface area (Å²) >= 11 is 0. The minimum atomic E-state index is -0.490. The van der Waals surface area contributed by atoms with Crippen LogP contribution in [0.25, 0.3) is 0 Å². The lowest BCUT2D eigenvalue weighted by atomic mass is 10.4. The molecule has 2 N–H and O–H groups in total. The molecule has 0 spiro atoms. The standard InChI is InChI=1S/C8H13N3O3/c1-13-4-3-11-7(8(12)14-2)6(9)5-10-11/h5H,3-4,9H2,1-2H3. The summed E-state index contributed by atoms with van der Waals surface area (Å²) in [5, 5.41) is 3.93. The third kappa shape index (κ3) is 2.02. The molecule has 78 valence electrons. The van der Waals surface area contributed by atoms with Gasteiger partial charge in [-0.2, -0.15) is 5.10 Å². The number of nitrogens with zero attached hydrogens (tertiary/aromatic N) is 2. The van der Waals surface area contributed by atoms with Crippen molar-refractivity contribution in [3.63, 3.8) is 0 Å². The molecule has 0 radical (unpaired) electrons. The molecule has 0 amide bonds. The van der Waals surface area contributed by atoms with Gasteiger partial charge in [0.05, 0.1) is 32.1 Å². The van der Waals surface area contributed by atoms with Gasteiger partial charge in [0.1, 0.15) is 0 Å². The van der Waals surface area contributed by atoms with Gasteiger partial charge in [-0.3, -0.25) is 4.68 Å². The Labute approximate surface area is 81.6 Å². The smallest absolute Gasteiger partial charge is 0.358 e. The molecule has 1 heterocycles. The van der Waals surface area contributed by atoms with Gasteiger partial charge in [0.2, 0.25) is 0 Å². The Morgan fingerprint density at radius 1 is 1.64 bits per heavy atom. The minimum absolute atomic E-state index is 0.268. The Morgan fingerprint density at radius 2 is 2.36 bits per heavy atom. The van der Waals surface area contributed by atoms with Crippen LogP contribution in [-0.4, -0.2) is 36.6 Å². The Balaban J connectivity index is 2.88. The van der Waals surface area contributed by atoms with Gasteiger partial charge in [0.25, 0.3) is 0 Å². The van der Waals surface area contributed by atoms with Crippen molar-refractivity contribution in [3.8, 4) is 0 Å². The van der Waals surface area contributed by atoms with Crippen molar-refractivity contribution < 1.29 is 14.3 Å². The summed E-state index contributed by atoms with van der Waals surface area (Å²) < 4.78 is 10.9. The molecule has 1 aromatic heterocycles. The van der Waals surface area contributed by atoms with Crippen molar-refractivity contribution in [2.45, 2.75) is 6.54 Å². The number of carbonyl (C=O) groups is 1. The summed E-state index contributed by atoms with van der Waals surface area (Å²) in [6.07, 6.45) is 1.42. The van der Waals surface area contributed by atoms with Gasteiger partial charge < -0.3 is 15.2 Å². The Bertz CT molecular complexity index is 322. The van der Waals surface area contributed by atoms with E-state index in [0.29, 0.717) is 18.8 Å². The third-order valence-electron chi connectivity index (χ3n) is 1.75. The predicted molar refractivity (Wildman–Crippen MR) is 49.9 cm³/mol. The van der Waals surface area contributed by atoms with Gasteiger partial charge in [-0.05, 0) is 0 Å². The van der Waals surface area contributed by atoms with Crippen LogP contribution in [0.5, 0.6) is 0 Å². The lowest BCUT2D eigenvalue weighted by Gasteiger charge is -2.05. The SMILES string of the molecule is COCCn1ncc(N)c1C(=O)OC. The first-order chi connectivity index (χ1) is 6.70. The van der Waals surface area contributed by atoms with E-state index in [2.05, 4.69) is 9.84 Å². The molecule has 0 unspecified atom stereocenters. The molecule has 14 heavy (non-hydrogen) atoms. The molecule has 0 fully saturated rings. The molecule has 1 rings (SSSR count). The highest BCUT2D eigenvalue weighted by molar-refractivity contribution is 5.92. The van der Waals surface area contributed by atoms with Crippen molar-refractivity contribution in [2.75, 3.05) is 26.6 Å². The van der Waals surface area contributed by atoms with Gasteiger partial charge in [-0.25, -0.2) is 4.79 Å². The number of aromatic nitrogens is 2. The largest absolute Gasteiger partial charge is 0.464 e. The number of methoxy groups -OCH3 is 2. The zero-order valence-corrected chi connectivity index (χ0v) is 8.19. The molecule has 6 nitrogen and oxygen atoms in total. The monoisotopic (exact) mass is 199 g/mol. The van der Waals surface area contributed by atoms with Crippen molar-refractivity contribution in [1.29, 1.82) is 0 Å². The highest BCUT2D eigenvalue weighted by Gasteiger charge is 2.16. The van der Waals surface area contributed by atoms with Gasteiger partial charge in [-0.15, -0.1) is 0 Å². The molecular weight excluding hydrogens is 186 g/mol. The van der Waals surface area contributed by atoms with Crippen LogP contribution in [0.2, 0.25) is 0 Å². The maximum Gasteiger partial charge on any atom is 0.358 e. The van der Waals surface area contributed by atoms with Crippen LogP contribution in [0.3, 0.4) is 0 Å². The number of nitrogen functional groups attached to an aromatic ring is 1. The van der Waals surface area contributed by atoms with E-state index >= 15 is 0 Å². The molecule has 0 aliphatic heterocycles. The van der Waals surface area contributed by atoms with Crippen molar-refractivity contribution in [1.82, 2.24) is 9.78 Å². The summed E-state index contributed by atoms with van der Waals surface area (Å²) in [5.41, 5.74) is 6.15. The lowest BCUT2D eigenvalue weighted by Crippen LogP contribution is -2.15. The fraction of sp³-hybridized carbons (Fsp3) is 0.500. The van der Waals surface area contributed by atoms with E-state index in [1.807, 2.05) is 0 Å². The van der Waals surface area contributed by atoms with Gasteiger partial charge in [0.15, 0.2) is 5.69 Å². The summed E-state index contributed by atoms with van der Waals surface area (Å²) in [4.78, 5) is 11.3. The summed E-state index contributed by atoms with van der Waals surface area (Å²) in [6.45, 7) is 0.934. The van der Waals surface area contributed by atoms with Crippen LogP contribution in [0.1, 0.15) is 10.5 Å². The Hall–Kier alpha value is -1.56. The normalized spacial score (nSPS) is 10.1. The van der Waals surface area contributed by atoms with E-state index in [0.717, 1.165) is 0 Å². The second-order valence-corrected chi connectivity index (χ2v) is 2.66. The van der Waals surface area contributed by atoms with E-state index in [4.69, 9.17) is 10.5 Å². The van der Waals surface area contributed by atoms with Crippen molar-refractivity contribution in [3.05, 3.63) is 11.9 Å². The molecule has 0 aliphatic rings. The first-order valence-corrected chi connectivity index (χ1v) is 4.09. The first kappa shape index (κ1) is 10.5. The number of hydrogen-bond acceptors (Lipinski definition) is 5. The fourth-order valence-electron chi connectivity index (χ4n) is 1.07. The summed E-state index contributed by atoms with van der Waals surface area (Å²) in [5.74, 6) is -0.490. The van der Waals surface area contributed by atoms with E-state index in [1.165, 1.54) is 18.0 Å². The van der Waals surface area contributed by atoms with E-state index in [-0.39, 0.29) is 5.69 Å². The van der Waals surface area contributed by atoms with Crippen LogP contribution in [-0.2, 0) is 16.0 Å². The highest BCUT2D eigenvalue weighted by atomic mass is 16.5. The van der Waals surface area contributed by atoms with Crippen LogP contribution in [0, 0.1) is 0 Å². The number of rotatable bonds is 4. The van der Waals surface area contributed by atoms with E-state index in [9.17, 15) is 4.79 Å². The predicted octanol–water partition coefficient (Wildman–Crippen LogP) is -0.102. The minimum Gasteiger partial charge on any atom is -0.464 e. The fourth-order valence-corrected chi connectivity index (χ4v) is 1.07. The molecule has 0 atom stereocenters. The molecule has 0 aliphatic carbocycles. The molecule has 6 heteroatoms. The lowest BCUT2D eigenvalue weighted by molar-refractivity contribution is 0.0585. The van der Waals surface area contributed by atoms with Crippen molar-refractivity contribution >= 4 is 11.7 Å². The van der Waals surface area contributed by atoms with Gasteiger partial charge in [0, 0.05) is 7.11 Å². The maximum atomic E-state index is 11.3. The second-order valence-electron chi connectivity index (χ2n) is 2.66. The molecular formula is C8H13N3O3. The zero-order chi connectivity index (χ0) is 10.6. The average molecular weight is 199 g/mol. The zero-order valence-electron chi connectivity index (χ0n) is 8.19. The maximum absolute atomic E-state index is 11.3. The number of carbonyl (C=O) groups excluding carboxylic acids is 1. The van der Waals surface area contributed by atoms with Crippen LogP contribution in [0.4, 0.5) is 5.69 Å². The van der Waals surface area contributed by atoms with Gasteiger partial charge >= 0.3 is 5.97 Å². The van der Waals surface area contributed by atoms with Gasteiger partial charge in [-0.1, -0.05) is 0 Å². The van der Waals surface area contributed by atoms with Crippen LogP contribution >= 0.6 is 0 Å².